The Kier molecular flexibility index (Phi) is 4.79. The van der Waals surface area contributed by atoms with E-state index in [-0.39, 0.29) is 0 Å². The first kappa shape index (κ1) is 18.6. The van der Waals surface area contributed by atoms with E-state index in [1.807, 2.05) is 0 Å². The van der Waals surface area contributed by atoms with Crippen molar-refractivity contribution in [3.63, 3.8) is 0 Å². The number of benzene rings is 1. The van der Waals surface area contributed by atoms with Gasteiger partial charge in [0.25, 0.3) is 0 Å². The Balaban J connectivity index is 1.86. The highest BCUT2D eigenvalue weighted by molar-refractivity contribution is 8.45. The third kappa shape index (κ3) is 5.66. The molecule has 1 aromatic carbocycles. The fraction of sp³-hybridized carbons (Fsp3) is 0.647. The highest BCUT2D eigenvalue weighted by Crippen LogP contribution is 3.02. The van der Waals surface area contributed by atoms with Gasteiger partial charge in [-0.05, 0) is 42.4 Å². The topological polar surface area (TPSA) is 0 Å². The van der Waals surface area contributed by atoms with E-state index in [4.69, 9.17) is 0 Å². The van der Waals surface area contributed by atoms with Crippen LogP contribution in [0, 0.1) is 11.8 Å². The molecule has 134 valence electrons. The Morgan fingerprint density at radius 2 is 1.30 bits per heavy atom. The molecule has 0 radical (unpaired) electrons. The largest absolute Gasteiger partial charge is 0.310 e. The van der Waals surface area contributed by atoms with Gasteiger partial charge in [0.05, 0.1) is 0 Å². The molecule has 1 aromatic rings. The van der Waals surface area contributed by atoms with E-state index in [0.29, 0.717) is 30.0 Å². The van der Waals surface area contributed by atoms with Gasteiger partial charge in [-0.3, -0.25) is 0 Å². The highest BCUT2D eigenvalue weighted by Gasteiger charge is 2.65. The lowest BCUT2D eigenvalue weighted by molar-refractivity contribution is 0.252. The average Bonchev–Trinajstić information content (AvgIpc) is 2.45. The zero-order valence-corrected chi connectivity index (χ0v) is 14.2. The molecule has 0 aromatic heterocycles. The van der Waals surface area contributed by atoms with Crippen molar-refractivity contribution in [2.24, 2.45) is 11.8 Å². The maximum absolute atomic E-state index is 12.7. The number of halogens is 5. The molecule has 0 amide bonds. The molecule has 1 aliphatic carbocycles. The van der Waals surface area contributed by atoms with Crippen molar-refractivity contribution in [2.75, 3.05) is 0 Å². The summed E-state index contributed by atoms with van der Waals surface area (Å²) < 4.78 is 63.3. The van der Waals surface area contributed by atoms with Crippen molar-refractivity contribution in [1.29, 1.82) is 0 Å². The number of hydrogen-bond acceptors (Lipinski definition) is 0. The standard InChI is InChI=1S/C17H25F5S/c1-2-3-14-4-6-15(7-5-14)8-9-16-10-12-17(13-11-16)23(18,19,20,21)22/h10-15H,2-9H2,1H3/t14-,15-. The van der Waals surface area contributed by atoms with E-state index < -0.39 is 15.1 Å². The summed E-state index contributed by atoms with van der Waals surface area (Å²) >= 11 is 0. The van der Waals surface area contributed by atoms with Gasteiger partial charge in [-0.1, -0.05) is 77.0 Å². The van der Waals surface area contributed by atoms with Crippen LogP contribution in [-0.4, -0.2) is 0 Å². The van der Waals surface area contributed by atoms with E-state index in [9.17, 15) is 19.4 Å². The molecular formula is C17H25F5S. The molecule has 0 spiro atoms. The Morgan fingerprint density at radius 1 is 0.826 bits per heavy atom. The first-order valence-electron chi connectivity index (χ1n) is 8.31. The van der Waals surface area contributed by atoms with Crippen LogP contribution in [0.4, 0.5) is 19.4 Å². The van der Waals surface area contributed by atoms with Crippen LogP contribution in [0.2, 0.25) is 0 Å². The van der Waals surface area contributed by atoms with Crippen molar-refractivity contribution in [1.82, 2.24) is 0 Å². The fourth-order valence-electron chi connectivity index (χ4n) is 3.50. The second-order valence-corrected chi connectivity index (χ2v) is 9.24. The van der Waals surface area contributed by atoms with Crippen molar-refractivity contribution in [3.05, 3.63) is 29.8 Å². The molecule has 1 aliphatic rings. The molecule has 0 bridgehead atoms. The first-order valence-corrected chi connectivity index (χ1v) is 10.3. The van der Waals surface area contributed by atoms with Gasteiger partial charge in [0.15, 0.2) is 0 Å². The molecule has 6 heteroatoms. The quantitative estimate of drug-likeness (QED) is 0.455. The fourth-order valence-corrected chi connectivity index (χ4v) is 4.15. The van der Waals surface area contributed by atoms with Crippen LogP contribution in [0.3, 0.4) is 0 Å². The zero-order valence-electron chi connectivity index (χ0n) is 13.4. The zero-order chi connectivity index (χ0) is 17.2. The summed E-state index contributed by atoms with van der Waals surface area (Å²) in [6, 6.07) is 3.43. The summed E-state index contributed by atoms with van der Waals surface area (Å²) in [5.41, 5.74) is 0.700. The van der Waals surface area contributed by atoms with Crippen LogP contribution in [0.15, 0.2) is 29.2 Å². The van der Waals surface area contributed by atoms with Gasteiger partial charge in [0.1, 0.15) is 4.90 Å². The summed E-state index contributed by atoms with van der Waals surface area (Å²) in [6.45, 7) is 2.20. The van der Waals surface area contributed by atoms with Crippen molar-refractivity contribution in [3.8, 4) is 0 Å². The van der Waals surface area contributed by atoms with Crippen molar-refractivity contribution >= 4 is 10.2 Å². The van der Waals surface area contributed by atoms with Gasteiger partial charge < -0.3 is 0 Å². The Bertz CT molecular complexity index is 512. The monoisotopic (exact) mass is 356 g/mol. The van der Waals surface area contributed by atoms with Crippen LogP contribution < -0.4 is 0 Å². The van der Waals surface area contributed by atoms with Crippen LogP contribution >= 0.6 is 10.2 Å². The highest BCUT2D eigenvalue weighted by atomic mass is 32.5. The maximum atomic E-state index is 12.7. The van der Waals surface area contributed by atoms with Crippen LogP contribution in [0.25, 0.3) is 0 Å². The summed E-state index contributed by atoms with van der Waals surface area (Å²) in [4.78, 5) is -1.80. The number of rotatable bonds is 6. The lowest BCUT2D eigenvalue weighted by atomic mass is 9.78. The summed E-state index contributed by atoms with van der Waals surface area (Å²) in [7, 11) is -9.53. The summed E-state index contributed by atoms with van der Waals surface area (Å²) in [5, 5.41) is 0. The van der Waals surface area contributed by atoms with Gasteiger partial charge in [0.2, 0.25) is 0 Å². The predicted octanol–water partition coefficient (Wildman–Crippen LogP) is 7.88. The SMILES string of the molecule is CCC[C@H]1CC[C@H](CCc2ccc(S(F)(F)(F)(F)F)cc2)CC1. The van der Waals surface area contributed by atoms with Gasteiger partial charge in [-0.25, -0.2) is 0 Å². The minimum absolute atomic E-state index is 0.523. The maximum Gasteiger partial charge on any atom is 0.310 e. The minimum atomic E-state index is -9.53. The number of aryl methyl sites for hydroxylation is 1. The second kappa shape index (κ2) is 5.94. The molecule has 0 nitrogen and oxygen atoms in total. The van der Waals surface area contributed by atoms with E-state index in [2.05, 4.69) is 6.92 Å². The smallest absolute Gasteiger partial charge is 0.0936 e. The molecule has 0 N–H and O–H groups in total. The predicted molar refractivity (Wildman–Crippen MR) is 86.5 cm³/mol. The van der Waals surface area contributed by atoms with Crippen LogP contribution in [-0.2, 0) is 6.42 Å². The molecule has 1 fully saturated rings. The lowest BCUT2D eigenvalue weighted by Gasteiger charge is -2.40. The summed E-state index contributed by atoms with van der Waals surface area (Å²) in [5.74, 6) is 1.44. The Morgan fingerprint density at radius 3 is 1.74 bits per heavy atom. The molecular weight excluding hydrogens is 331 g/mol. The molecule has 2 rings (SSSR count). The van der Waals surface area contributed by atoms with Gasteiger partial charge in [-0.15, -0.1) is 0 Å². The number of hydrogen-bond donors (Lipinski definition) is 0. The van der Waals surface area contributed by atoms with Gasteiger partial charge in [-0.2, -0.15) is 0 Å². The normalized spacial score (nSPS) is 25.7. The van der Waals surface area contributed by atoms with Gasteiger partial charge in [0, 0.05) is 0 Å². The van der Waals surface area contributed by atoms with Crippen molar-refractivity contribution < 1.29 is 19.4 Å². The molecule has 23 heavy (non-hydrogen) atoms. The first-order chi connectivity index (χ1) is 10.5. The Labute approximate surface area is 135 Å². The van der Waals surface area contributed by atoms with E-state index >= 15 is 0 Å². The average molecular weight is 356 g/mol. The van der Waals surface area contributed by atoms with Crippen molar-refractivity contribution in [2.45, 2.75) is 63.2 Å². The van der Waals surface area contributed by atoms with E-state index in [1.54, 1.807) is 0 Å². The van der Waals surface area contributed by atoms with Gasteiger partial charge >= 0.3 is 10.2 Å². The molecule has 0 heterocycles. The molecule has 0 atom stereocenters. The van der Waals surface area contributed by atoms with E-state index in [1.165, 1.54) is 50.7 Å². The van der Waals surface area contributed by atoms with Crippen LogP contribution in [0.1, 0.15) is 57.4 Å². The lowest BCUT2D eigenvalue weighted by Crippen LogP contribution is -2.15. The molecule has 0 aliphatic heterocycles. The Hall–Kier alpha value is -0.780. The third-order valence-electron chi connectivity index (χ3n) is 4.87. The summed E-state index contributed by atoms with van der Waals surface area (Å²) in [6.07, 6.45) is 8.90. The molecule has 1 saturated carbocycles. The van der Waals surface area contributed by atoms with E-state index in [0.717, 1.165) is 12.3 Å². The van der Waals surface area contributed by atoms with Crippen LogP contribution in [0.5, 0.6) is 0 Å². The third-order valence-corrected chi connectivity index (χ3v) is 6.04. The molecule has 0 unspecified atom stereocenters. The molecule has 0 saturated heterocycles. The second-order valence-electron chi connectivity index (χ2n) is 6.83. The minimum Gasteiger partial charge on any atom is -0.0936 e.